The largest absolute Gasteiger partial charge is 0.481 e. The molecule has 3 nitrogen and oxygen atoms in total. The summed E-state index contributed by atoms with van der Waals surface area (Å²) in [7, 11) is 0. The van der Waals surface area contributed by atoms with Crippen LogP contribution in [0.4, 0.5) is 13.2 Å². The highest BCUT2D eigenvalue weighted by Gasteiger charge is 2.62. The van der Waals surface area contributed by atoms with E-state index in [2.05, 4.69) is 0 Å². The average Bonchev–Trinajstić information content (AvgIpc) is 2.26. The van der Waals surface area contributed by atoms with Crippen LogP contribution in [0.1, 0.15) is 51.4 Å². The van der Waals surface area contributed by atoms with E-state index < -0.39 is 36.5 Å². The van der Waals surface area contributed by atoms with E-state index in [-0.39, 0.29) is 0 Å². The number of halogens is 3. The van der Waals surface area contributed by atoms with Crippen molar-refractivity contribution in [1.82, 2.24) is 0 Å². The Labute approximate surface area is 104 Å². The minimum absolute atomic E-state index is 0.730. The first-order valence-electron chi connectivity index (χ1n) is 6.28. The van der Waals surface area contributed by atoms with E-state index in [0.717, 1.165) is 0 Å². The van der Waals surface area contributed by atoms with Crippen molar-refractivity contribution >= 4 is 5.97 Å². The summed E-state index contributed by atoms with van der Waals surface area (Å²) >= 11 is 0. The molecule has 0 radical (unpaired) electrons. The molecule has 0 aromatic heterocycles. The molecule has 0 saturated heterocycles. The zero-order chi connectivity index (χ0) is 13.8. The van der Waals surface area contributed by atoms with Gasteiger partial charge >= 0.3 is 12.1 Å². The van der Waals surface area contributed by atoms with Gasteiger partial charge in [0.1, 0.15) is 0 Å². The van der Waals surface area contributed by atoms with Crippen molar-refractivity contribution < 1.29 is 28.2 Å². The summed E-state index contributed by atoms with van der Waals surface area (Å²) in [5, 5.41) is 17.0. The minimum Gasteiger partial charge on any atom is -0.481 e. The zero-order valence-corrected chi connectivity index (χ0v) is 10.2. The van der Waals surface area contributed by atoms with Gasteiger partial charge in [0, 0.05) is 0 Å². The molecule has 0 amide bonds. The van der Waals surface area contributed by atoms with Gasteiger partial charge in [0.25, 0.3) is 0 Å². The first kappa shape index (κ1) is 15.3. The fourth-order valence-electron chi connectivity index (χ4n) is 2.22. The van der Waals surface area contributed by atoms with Crippen molar-refractivity contribution in [2.75, 3.05) is 0 Å². The topological polar surface area (TPSA) is 57.5 Å². The Bertz CT molecular complexity index is 267. The Morgan fingerprint density at radius 2 is 1.33 bits per heavy atom. The Hall–Kier alpha value is -0.780. The van der Waals surface area contributed by atoms with Crippen molar-refractivity contribution in [1.29, 1.82) is 0 Å². The van der Waals surface area contributed by atoms with Gasteiger partial charge in [-0.15, -0.1) is 0 Å². The summed E-state index contributed by atoms with van der Waals surface area (Å²) in [6.07, 6.45) is 2.83. The zero-order valence-electron chi connectivity index (χ0n) is 10.2. The van der Waals surface area contributed by atoms with E-state index in [1.54, 1.807) is 0 Å². The summed E-state index contributed by atoms with van der Waals surface area (Å²) in [5.41, 5.74) is -2.77. The summed E-state index contributed by atoms with van der Waals surface area (Å²) in [6, 6.07) is 0. The molecule has 2 aliphatic carbocycles. The molecule has 0 atom stereocenters. The van der Waals surface area contributed by atoms with Gasteiger partial charge in [-0.2, -0.15) is 13.2 Å². The van der Waals surface area contributed by atoms with Crippen LogP contribution in [-0.4, -0.2) is 28.0 Å². The number of aliphatic carboxylic acids is 1. The normalized spacial score (nSPS) is 31.9. The van der Waals surface area contributed by atoms with Crippen LogP contribution >= 0.6 is 0 Å². The molecule has 2 aliphatic rings. The molecule has 6 heteroatoms. The van der Waals surface area contributed by atoms with Crippen molar-refractivity contribution in [2.24, 2.45) is 5.92 Å². The highest BCUT2D eigenvalue weighted by atomic mass is 19.4. The van der Waals surface area contributed by atoms with E-state index in [9.17, 15) is 18.0 Å². The number of carbonyl (C=O) groups is 1. The van der Waals surface area contributed by atoms with Crippen LogP contribution in [0.15, 0.2) is 0 Å². The van der Waals surface area contributed by atoms with Crippen LogP contribution in [0.3, 0.4) is 0 Å². The Morgan fingerprint density at radius 3 is 1.56 bits per heavy atom. The number of carboxylic acids is 1. The second-order valence-corrected chi connectivity index (χ2v) is 5.09. The van der Waals surface area contributed by atoms with Crippen molar-refractivity contribution in [3.8, 4) is 0 Å². The standard InChI is InChI=1S/C6H7F3O3.C6H12/c7-6(8,9)5(12)1-3(2-5)4(10)11;1-2-4-6-5-3-1/h3,12H,1-2H2,(H,10,11);1-6H2. The Kier molecular flexibility index (Phi) is 5.01. The Balaban J connectivity index is 0.000000225. The van der Waals surface area contributed by atoms with Gasteiger partial charge in [0.2, 0.25) is 0 Å². The van der Waals surface area contributed by atoms with E-state index in [0.29, 0.717) is 0 Å². The first-order chi connectivity index (χ1) is 8.26. The molecule has 0 bridgehead atoms. The first-order valence-corrected chi connectivity index (χ1v) is 6.28. The van der Waals surface area contributed by atoms with Gasteiger partial charge < -0.3 is 10.2 Å². The average molecular weight is 268 g/mol. The van der Waals surface area contributed by atoms with E-state index >= 15 is 0 Å². The number of hydrogen-bond acceptors (Lipinski definition) is 2. The van der Waals surface area contributed by atoms with Crippen LogP contribution in [0.25, 0.3) is 0 Å². The maximum absolute atomic E-state index is 11.9. The molecule has 2 saturated carbocycles. The lowest BCUT2D eigenvalue weighted by Gasteiger charge is -2.42. The van der Waals surface area contributed by atoms with Crippen LogP contribution in [0.5, 0.6) is 0 Å². The highest BCUT2D eigenvalue weighted by molar-refractivity contribution is 5.71. The monoisotopic (exact) mass is 268 g/mol. The summed E-state index contributed by atoms with van der Waals surface area (Å²) in [5.74, 6) is -2.35. The quantitative estimate of drug-likeness (QED) is 0.768. The molecule has 0 aromatic rings. The van der Waals surface area contributed by atoms with Crippen LogP contribution in [0.2, 0.25) is 0 Å². The molecule has 106 valence electrons. The predicted octanol–water partition coefficient (Wildman–Crippen LogP) is 3.12. The van der Waals surface area contributed by atoms with Gasteiger partial charge in [-0.3, -0.25) is 4.79 Å². The molecule has 2 rings (SSSR count). The lowest BCUT2D eigenvalue weighted by atomic mass is 9.70. The minimum atomic E-state index is -4.71. The second-order valence-electron chi connectivity index (χ2n) is 5.09. The van der Waals surface area contributed by atoms with Crippen molar-refractivity contribution in [2.45, 2.75) is 63.1 Å². The number of alkyl halides is 3. The fraction of sp³-hybridized carbons (Fsp3) is 0.917. The maximum atomic E-state index is 11.9. The lowest BCUT2D eigenvalue weighted by Crippen LogP contribution is -2.56. The third-order valence-corrected chi connectivity index (χ3v) is 3.55. The van der Waals surface area contributed by atoms with Crippen LogP contribution < -0.4 is 0 Å². The molecular formula is C12H19F3O3. The molecule has 2 fully saturated rings. The highest BCUT2D eigenvalue weighted by Crippen LogP contribution is 2.48. The SMILES string of the molecule is C1CCCCC1.O=C(O)C1CC(O)(C(F)(F)F)C1. The summed E-state index contributed by atoms with van der Waals surface area (Å²) in [4.78, 5) is 10.1. The van der Waals surface area contributed by atoms with Gasteiger partial charge in [0.15, 0.2) is 5.60 Å². The molecule has 0 aliphatic heterocycles. The summed E-state index contributed by atoms with van der Waals surface area (Å²) in [6.45, 7) is 0. The molecular weight excluding hydrogens is 249 g/mol. The third kappa shape index (κ3) is 3.86. The number of carboxylic acid groups (broad SMARTS) is 1. The third-order valence-electron chi connectivity index (χ3n) is 3.55. The smallest absolute Gasteiger partial charge is 0.417 e. The Morgan fingerprint density at radius 1 is 1.00 bits per heavy atom. The number of aliphatic hydroxyl groups is 1. The number of hydrogen-bond donors (Lipinski definition) is 2. The molecule has 0 heterocycles. The molecule has 0 unspecified atom stereocenters. The van der Waals surface area contributed by atoms with E-state index in [1.165, 1.54) is 38.5 Å². The van der Waals surface area contributed by atoms with Crippen molar-refractivity contribution in [3.63, 3.8) is 0 Å². The molecule has 0 spiro atoms. The molecule has 2 N–H and O–H groups in total. The predicted molar refractivity (Wildman–Crippen MR) is 59.1 cm³/mol. The molecule has 18 heavy (non-hydrogen) atoms. The van der Waals surface area contributed by atoms with Crippen molar-refractivity contribution in [3.05, 3.63) is 0 Å². The van der Waals surface area contributed by atoms with Gasteiger partial charge in [-0.25, -0.2) is 0 Å². The van der Waals surface area contributed by atoms with Gasteiger partial charge in [-0.1, -0.05) is 38.5 Å². The second kappa shape index (κ2) is 5.91. The van der Waals surface area contributed by atoms with E-state index in [4.69, 9.17) is 10.2 Å². The van der Waals surface area contributed by atoms with E-state index in [1.807, 2.05) is 0 Å². The lowest BCUT2D eigenvalue weighted by molar-refractivity contribution is -0.297. The molecule has 0 aromatic carbocycles. The van der Waals surface area contributed by atoms with Crippen LogP contribution in [0, 0.1) is 5.92 Å². The maximum Gasteiger partial charge on any atom is 0.417 e. The van der Waals surface area contributed by atoms with Gasteiger partial charge in [0.05, 0.1) is 5.92 Å². The number of rotatable bonds is 1. The van der Waals surface area contributed by atoms with Gasteiger partial charge in [-0.05, 0) is 12.8 Å². The fourth-order valence-corrected chi connectivity index (χ4v) is 2.22. The van der Waals surface area contributed by atoms with Crippen LogP contribution in [-0.2, 0) is 4.79 Å². The summed E-state index contributed by atoms with van der Waals surface area (Å²) < 4.78 is 35.6.